The van der Waals surface area contributed by atoms with Crippen molar-refractivity contribution in [1.82, 2.24) is 20.4 Å². The summed E-state index contributed by atoms with van der Waals surface area (Å²) in [4.78, 5) is 8.43. The van der Waals surface area contributed by atoms with Gasteiger partial charge in [-0.1, -0.05) is 5.16 Å². The normalized spacial score (nSPS) is 16.1. The topological polar surface area (TPSA) is 63.8 Å². The number of rotatable bonds is 2. The molecule has 0 unspecified atom stereocenters. The number of halogens is 1. The van der Waals surface area contributed by atoms with E-state index in [0.717, 1.165) is 23.1 Å². The molecule has 0 saturated carbocycles. The first-order valence-electron chi connectivity index (χ1n) is 4.98. The van der Waals surface area contributed by atoms with Crippen LogP contribution < -0.4 is 5.32 Å². The zero-order valence-electron chi connectivity index (χ0n) is 8.35. The number of aromatic nitrogens is 3. The Labute approximate surface area is 100 Å². The first-order valence-corrected chi connectivity index (χ1v) is 5.77. The lowest BCUT2D eigenvalue weighted by molar-refractivity contribution is 0.308. The summed E-state index contributed by atoms with van der Waals surface area (Å²) in [6, 6.07) is 1.92. The third-order valence-corrected chi connectivity index (χ3v) is 2.97. The molecule has 3 heterocycles. The first kappa shape index (κ1) is 9.92. The summed E-state index contributed by atoms with van der Waals surface area (Å²) in [6.07, 6.45) is 3.44. The Hall–Kier alpha value is -1.27. The van der Waals surface area contributed by atoms with Crippen LogP contribution in [-0.2, 0) is 0 Å². The van der Waals surface area contributed by atoms with Crippen LogP contribution in [0.2, 0.25) is 0 Å². The van der Waals surface area contributed by atoms with Gasteiger partial charge in [0.15, 0.2) is 0 Å². The predicted molar refractivity (Wildman–Crippen MR) is 60.8 cm³/mol. The smallest absolute Gasteiger partial charge is 0.232 e. The zero-order valence-corrected chi connectivity index (χ0v) is 9.94. The fourth-order valence-electron chi connectivity index (χ4n) is 1.52. The SMILES string of the molecule is Brc1cncc(-c2noc(C3CNC3)n2)c1. The van der Waals surface area contributed by atoms with Crippen molar-refractivity contribution in [3.05, 3.63) is 28.8 Å². The van der Waals surface area contributed by atoms with Crippen LogP contribution in [0.25, 0.3) is 11.4 Å². The van der Waals surface area contributed by atoms with Crippen LogP contribution in [0, 0.1) is 0 Å². The minimum atomic E-state index is 0.362. The van der Waals surface area contributed by atoms with Gasteiger partial charge in [0.05, 0.1) is 5.92 Å². The fourth-order valence-corrected chi connectivity index (χ4v) is 1.88. The maximum atomic E-state index is 5.22. The monoisotopic (exact) mass is 280 g/mol. The first-order chi connectivity index (χ1) is 7.83. The summed E-state index contributed by atoms with van der Waals surface area (Å²) in [5.74, 6) is 1.66. The molecule has 0 atom stereocenters. The molecule has 0 spiro atoms. The summed E-state index contributed by atoms with van der Waals surface area (Å²) in [7, 11) is 0. The van der Waals surface area contributed by atoms with E-state index < -0.39 is 0 Å². The van der Waals surface area contributed by atoms with Crippen LogP contribution in [0.1, 0.15) is 11.8 Å². The van der Waals surface area contributed by atoms with Crippen LogP contribution in [0.4, 0.5) is 0 Å². The van der Waals surface area contributed by atoms with Crippen molar-refractivity contribution in [3.8, 4) is 11.4 Å². The van der Waals surface area contributed by atoms with Crippen molar-refractivity contribution in [3.63, 3.8) is 0 Å². The molecule has 82 valence electrons. The van der Waals surface area contributed by atoms with Gasteiger partial charge in [0.25, 0.3) is 0 Å². The van der Waals surface area contributed by atoms with Crippen LogP contribution >= 0.6 is 15.9 Å². The van der Waals surface area contributed by atoms with Gasteiger partial charge in [0.2, 0.25) is 11.7 Å². The van der Waals surface area contributed by atoms with Gasteiger partial charge in [-0.05, 0) is 22.0 Å². The maximum Gasteiger partial charge on any atom is 0.232 e. The summed E-state index contributed by atoms with van der Waals surface area (Å²) in [6.45, 7) is 1.83. The molecule has 0 aliphatic carbocycles. The molecular weight excluding hydrogens is 272 g/mol. The molecule has 0 amide bonds. The second-order valence-electron chi connectivity index (χ2n) is 3.70. The standard InChI is InChI=1S/C10H9BrN4O/c11-8-1-6(2-13-5-8)9-14-10(16-15-9)7-3-12-4-7/h1-2,5,7,12H,3-4H2. The molecule has 1 aliphatic rings. The second-order valence-corrected chi connectivity index (χ2v) is 4.62. The highest BCUT2D eigenvalue weighted by molar-refractivity contribution is 9.10. The molecule has 6 heteroatoms. The predicted octanol–water partition coefficient (Wildman–Crippen LogP) is 1.58. The highest BCUT2D eigenvalue weighted by atomic mass is 79.9. The van der Waals surface area contributed by atoms with Crippen LogP contribution in [-0.4, -0.2) is 28.2 Å². The number of nitrogens with one attached hydrogen (secondary N) is 1. The third kappa shape index (κ3) is 1.74. The highest BCUT2D eigenvalue weighted by Crippen LogP contribution is 2.23. The maximum absolute atomic E-state index is 5.22. The van der Waals surface area contributed by atoms with E-state index in [2.05, 4.69) is 36.4 Å². The summed E-state index contributed by atoms with van der Waals surface area (Å²) in [5, 5.41) is 7.13. The van der Waals surface area contributed by atoms with Gasteiger partial charge in [-0.3, -0.25) is 4.98 Å². The fraction of sp³-hybridized carbons (Fsp3) is 0.300. The molecule has 16 heavy (non-hydrogen) atoms. The van der Waals surface area contributed by atoms with Crippen LogP contribution in [0.5, 0.6) is 0 Å². The largest absolute Gasteiger partial charge is 0.339 e. The van der Waals surface area contributed by atoms with Gasteiger partial charge >= 0.3 is 0 Å². The van der Waals surface area contributed by atoms with Crippen molar-refractivity contribution in [2.75, 3.05) is 13.1 Å². The van der Waals surface area contributed by atoms with E-state index in [-0.39, 0.29) is 0 Å². The lowest BCUT2D eigenvalue weighted by Gasteiger charge is -2.22. The number of hydrogen-bond donors (Lipinski definition) is 1. The van der Waals surface area contributed by atoms with E-state index in [4.69, 9.17) is 4.52 Å². The number of hydrogen-bond acceptors (Lipinski definition) is 5. The average Bonchev–Trinajstić information content (AvgIpc) is 2.64. The lowest BCUT2D eigenvalue weighted by Crippen LogP contribution is -2.40. The minimum absolute atomic E-state index is 0.362. The minimum Gasteiger partial charge on any atom is -0.339 e. The molecule has 0 bridgehead atoms. The second kappa shape index (κ2) is 3.95. The average molecular weight is 281 g/mol. The molecular formula is C10H9BrN4O. The quantitative estimate of drug-likeness (QED) is 0.905. The van der Waals surface area contributed by atoms with E-state index in [1.165, 1.54) is 0 Å². The molecule has 2 aromatic heterocycles. The van der Waals surface area contributed by atoms with E-state index in [0.29, 0.717) is 17.6 Å². The molecule has 0 radical (unpaired) electrons. The van der Waals surface area contributed by atoms with Crippen molar-refractivity contribution < 1.29 is 4.52 Å². The molecule has 1 aliphatic heterocycles. The molecule has 5 nitrogen and oxygen atoms in total. The number of pyridine rings is 1. The van der Waals surface area contributed by atoms with Gasteiger partial charge in [-0.2, -0.15) is 4.98 Å². The zero-order chi connectivity index (χ0) is 11.0. The van der Waals surface area contributed by atoms with E-state index >= 15 is 0 Å². The van der Waals surface area contributed by atoms with Gasteiger partial charge in [0.1, 0.15) is 0 Å². The molecule has 3 rings (SSSR count). The van der Waals surface area contributed by atoms with Gasteiger partial charge < -0.3 is 9.84 Å². The Morgan fingerprint density at radius 1 is 1.38 bits per heavy atom. The van der Waals surface area contributed by atoms with Crippen molar-refractivity contribution in [2.45, 2.75) is 5.92 Å². The molecule has 1 fully saturated rings. The van der Waals surface area contributed by atoms with Gasteiger partial charge in [-0.15, -0.1) is 0 Å². The molecule has 1 saturated heterocycles. The van der Waals surface area contributed by atoms with Crippen molar-refractivity contribution in [1.29, 1.82) is 0 Å². The Morgan fingerprint density at radius 2 is 2.25 bits per heavy atom. The van der Waals surface area contributed by atoms with Crippen LogP contribution in [0.3, 0.4) is 0 Å². The number of nitrogens with zero attached hydrogens (tertiary/aromatic N) is 3. The van der Waals surface area contributed by atoms with Crippen molar-refractivity contribution in [2.24, 2.45) is 0 Å². The third-order valence-electron chi connectivity index (χ3n) is 2.54. The van der Waals surface area contributed by atoms with Gasteiger partial charge in [0, 0.05) is 35.5 Å². The molecule has 0 aromatic carbocycles. The molecule has 1 N–H and O–H groups in total. The molecule has 2 aromatic rings. The highest BCUT2D eigenvalue weighted by Gasteiger charge is 2.25. The summed E-state index contributed by atoms with van der Waals surface area (Å²) < 4.78 is 6.12. The summed E-state index contributed by atoms with van der Waals surface area (Å²) >= 11 is 3.36. The summed E-state index contributed by atoms with van der Waals surface area (Å²) in [5.41, 5.74) is 0.858. The van der Waals surface area contributed by atoms with Gasteiger partial charge in [-0.25, -0.2) is 0 Å². The Morgan fingerprint density at radius 3 is 2.94 bits per heavy atom. The van der Waals surface area contributed by atoms with Crippen molar-refractivity contribution >= 4 is 15.9 Å². The van der Waals surface area contributed by atoms with E-state index in [1.807, 2.05) is 6.07 Å². The Balaban J connectivity index is 1.91. The Bertz CT molecular complexity index is 509. The van der Waals surface area contributed by atoms with E-state index in [1.54, 1.807) is 12.4 Å². The Kier molecular flexibility index (Phi) is 2.45. The van der Waals surface area contributed by atoms with Crippen LogP contribution in [0.15, 0.2) is 27.5 Å². The van der Waals surface area contributed by atoms with E-state index in [9.17, 15) is 0 Å². The lowest BCUT2D eigenvalue weighted by atomic mass is 10.0.